The van der Waals surface area contributed by atoms with Gasteiger partial charge in [-0.15, -0.1) is 0 Å². The smallest absolute Gasteiger partial charge is 0.258 e. The zero-order chi connectivity index (χ0) is 23.7. The molecule has 170 valence electrons. The fourth-order valence-electron chi connectivity index (χ4n) is 4.18. The highest BCUT2D eigenvalue weighted by Gasteiger charge is 2.29. The molecule has 2 heterocycles. The van der Waals surface area contributed by atoms with Gasteiger partial charge >= 0.3 is 0 Å². The van der Waals surface area contributed by atoms with Crippen molar-refractivity contribution >= 4 is 39.8 Å². The van der Waals surface area contributed by atoms with E-state index in [4.69, 9.17) is 9.47 Å². The van der Waals surface area contributed by atoms with Crippen molar-refractivity contribution in [3.05, 3.63) is 83.8 Å². The minimum atomic E-state index is -0.0150. The molecule has 0 fully saturated rings. The first-order valence-electron chi connectivity index (χ1n) is 10.9. The van der Waals surface area contributed by atoms with Crippen molar-refractivity contribution in [1.82, 2.24) is 9.97 Å². The Bertz CT molecular complexity index is 1420. The van der Waals surface area contributed by atoms with Gasteiger partial charge in [0.25, 0.3) is 5.91 Å². The van der Waals surface area contributed by atoms with E-state index in [0.29, 0.717) is 23.6 Å². The lowest BCUT2D eigenvalue weighted by atomic mass is 10.0. The predicted molar refractivity (Wildman–Crippen MR) is 134 cm³/mol. The number of rotatable bonds is 6. The average molecular weight is 453 g/mol. The SMILES string of the molecule is COc1cc2ncnc(CNc3ccc4c(c3)C(=Cc3ccccc3)C(=O)N4C)c2cc1OC. The number of hydrogen-bond acceptors (Lipinski definition) is 6. The number of hydrogen-bond donors (Lipinski definition) is 1. The Balaban J connectivity index is 1.46. The van der Waals surface area contributed by atoms with Crippen molar-refractivity contribution < 1.29 is 14.3 Å². The number of carbonyl (C=O) groups is 1. The van der Waals surface area contributed by atoms with E-state index in [1.54, 1.807) is 32.5 Å². The molecule has 34 heavy (non-hydrogen) atoms. The van der Waals surface area contributed by atoms with Crippen LogP contribution < -0.4 is 19.7 Å². The number of nitrogens with one attached hydrogen (secondary N) is 1. The van der Waals surface area contributed by atoms with Crippen LogP contribution in [0.25, 0.3) is 22.6 Å². The van der Waals surface area contributed by atoms with Crippen LogP contribution in [0, 0.1) is 0 Å². The number of aromatic nitrogens is 2. The topological polar surface area (TPSA) is 76.6 Å². The molecule has 7 nitrogen and oxygen atoms in total. The summed E-state index contributed by atoms with van der Waals surface area (Å²) in [5.74, 6) is 1.23. The van der Waals surface area contributed by atoms with Gasteiger partial charge in [-0.05, 0) is 35.9 Å². The van der Waals surface area contributed by atoms with E-state index in [1.807, 2.05) is 66.7 Å². The van der Waals surface area contributed by atoms with Gasteiger partial charge in [0, 0.05) is 35.3 Å². The molecule has 0 atom stereocenters. The maximum absolute atomic E-state index is 12.9. The quantitative estimate of drug-likeness (QED) is 0.425. The van der Waals surface area contributed by atoms with Crippen LogP contribution in [0.3, 0.4) is 0 Å². The number of amides is 1. The average Bonchev–Trinajstić information content (AvgIpc) is 3.11. The number of methoxy groups -OCH3 is 2. The summed E-state index contributed by atoms with van der Waals surface area (Å²) in [6, 6.07) is 19.6. The largest absolute Gasteiger partial charge is 0.493 e. The zero-order valence-corrected chi connectivity index (χ0v) is 19.2. The molecule has 7 heteroatoms. The summed E-state index contributed by atoms with van der Waals surface area (Å²) in [5, 5.41) is 4.33. The van der Waals surface area contributed by atoms with Gasteiger partial charge in [-0.2, -0.15) is 0 Å². The molecule has 0 spiro atoms. The fraction of sp³-hybridized carbons (Fsp3) is 0.148. The second-order valence-corrected chi connectivity index (χ2v) is 7.96. The highest BCUT2D eigenvalue weighted by molar-refractivity contribution is 6.35. The Morgan fingerprint density at radius 1 is 0.971 bits per heavy atom. The normalized spacial score (nSPS) is 13.9. The van der Waals surface area contributed by atoms with Gasteiger partial charge in [0.05, 0.1) is 37.7 Å². The second-order valence-electron chi connectivity index (χ2n) is 7.96. The summed E-state index contributed by atoms with van der Waals surface area (Å²) in [7, 11) is 5.01. The Kier molecular flexibility index (Phi) is 5.59. The van der Waals surface area contributed by atoms with Crippen LogP contribution in [-0.4, -0.2) is 37.1 Å². The molecule has 0 bridgehead atoms. The first-order valence-corrected chi connectivity index (χ1v) is 10.9. The summed E-state index contributed by atoms with van der Waals surface area (Å²) < 4.78 is 10.8. The lowest BCUT2D eigenvalue weighted by Gasteiger charge is -2.13. The molecule has 1 aromatic heterocycles. The van der Waals surface area contributed by atoms with E-state index in [0.717, 1.165) is 39.1 Å². The van der Waals surface area contributed by atoms with Gasteiger partial charge in [-0.1, -0.05) is 30.3 Å². The molecular weight excluding hydrogens is 428 g/mol. The number of benzene rings is 3. The van der Waals surface area contributed by atoms with E-state index < -0.39 is 0 Å². The number of likely N-dealkylation sites (N-methyl/N-ethyl adjacent to an activating group) is 1. The van der Waals surface area contributed by atoms with Crippen LogP contribution in [0.15, 0.2) is 67.0 Å². The third kappa shape index (κ3) is 3.81. The van der Waals surface area contributed by atoms with Crippen LogP contribution >= 0.6 is 0 Å². The van der Waals surface area contributed by atoms with E-state index >= 15 is 0 Å². The fourth-order valence-corrected chi connectivity index (χ4v) is 4.18. The molecular formula is C27H24N4O3. The highest BCUT2D eigenvalue weighted by Crippen LogP contribution is 2.39. The third-order valence-corrected chi connectivity index (χ3v) is 5.98. The Hall–Kier alpha value is -4.39. The molecule has 0 radical (unpaired) electrons. The summed E-state index contributed by atoms with van der Waals surface area (Å²) in [6.45, 7) is 0.481. The van der Waals surface area contributed by atoms with Gasteiger partial charge in [-0.3, -0.25) is 4.79 Å². The van der Waals surface area contributed by atoms with Crippen molar-refractivity contribution in [3.8, 4) is 11.5 Å². The standard InChI is InChI=1S/C27H24N4O3/c1-31-24-10-9-18(12-19(24)20(27(31)32)11-17-7-5-4-6-8-17)28-15-23-21-13-25(33-2)26(34-3)14-22(21)29-16-30-23/h4-14,16,28H,15H2,1-3H3. The predicted octanol–water partition coefficient (Wildman–Crippen LogP) is 4.78. The lowest BCUT2D eigenvalue weighted by molar-refractivity contribution is -0.112. The van der Waals surface area contributed by atoms with Crippen LogP contribution in [0.2, 0.25) is 0 Å². The number of ether oxygens (including phenoxy) is 2. The van der Waals surface area contributed by atoms with Crippen LogP contribution in [0.1, 0.15) is 16.8 Å². The van der Waals surface area contributed by atoms with E-state index in [9.17, 15) is 4.79 Å². The monoisotopic (exact) mass is 452 g/mol. The van der Waals surface area contributed by atoms with E-state index in [1.165, 1.54) is 0 Å². The van der Waals surface area contributed by atoms with E-state index in [-0.39, 0.29) is 5.91 Å². The molecule has 5 rings (SSSR count). The third-order valence-electron chi connectivity index (χ3n) is 5.98. The van der Waals surface area contributed by atoms with Crippen LogP contribution in [-0.2, 0) is 11.3 Å². The molecule has 1 aliphatic heterocycles. The van der Waals surface area contributed by atoms with E-state index in [2.05, 4.69) is 15.3 Å². The van der Waals surface area contributed by atoms with Crippen molar-refractivity contribution in [2.24, 2.45) is 0 Å². The highest BCUT2D eigenvalue weighted by atomic mass is 16.5. The molecule has 3 aromatic carbocycles. The van der Waals surface area contributed by atoms with Gasteiger partial charge < -0.3 is 19.7 Å². The zero-order valence-electron chi connectivity index (χ0n) is 19.2. The molecule has 1 N–H and O–H groups in total. The minimum Gasteiger partial charge on any atom is -0.493 e. The lowest BCUT2D eigenvalue weighted by Crippen LogP contribution is -2.20. The maximum atomic E-state index is 12.9. The molecule has 0 saturated carbocycles. The summed E-state index contributed by atoms with van der Waals surface area (Å²) in [5.41, 5.74) is 5.97. The Morgan fingerprint density at radius 2 is 1.74 bits per heavy atom. The van der Waals surface area contributed by atoms with Gasteiger partial charge in [0.1, 0.15) is 6.33 Å². The molecule has 0 saturated heterocycles. The van der Waals surface area contributed by atoms with Crippen molar-refractivity contribution in [3.63, 3.8) is 0 Å². The van der Waals surface area contributed by atoms with Gasteiger partial charge in [-0.25, -0.2) is 9.97 Å². The van der Waals surface area contributed by atoms with Gasteiger partial charge in [0.2, 0.25) is 0 Å². The number of fused-ring (bicyclic) bond motifs is 2. The first kappa shape index (κ1) is 21.5. The summed E-state index contributed by atoms with van der Waals surface area (Å²) in [4.78, 5) is 23.4. The van der Waals surface area contributed by atoms with Crippen molar-refractivity contribution in [2.45, 2.75) is 6.54 Å². The van der Waals surface area contributed by atoms with Gasteiger partial charge in [0.15, 0.2) is 11.5 Å². The Morgan fingerprint density at radius 3 is 2.50 bits per heavy atom. The molecule has 1 aliphatic rings. The first-order chi connectivity index (χ1) is 16.6. The van der Waals surface area contributed by atoms with Crippen molar-refractivity contribution in [1.29, 1.82) is 0 Å². The molecule has 0 aliphatic carbocycles. The maximum Gasteiger partial charge on any atom is 0.258 e. The van der Waals surface area contributed by atoms with Crippen LogP contribution in [0.4, 0.5) is 11.4 Å². The molecule has 1 amide bonds. The summed E-state index contributed by atoms with van der Waals surface area (Å²) >= 11 is 0. The number of nitrogens with zero attached hydrogens (tertiary/aromatic N) is 3. The Labute approximate surface area is 197 Å². The molecule has 0 unspecified atom stereocenters. The second kappa shape index (κ2) is 8.86. The minimum absolute atomic E-state index is 0.0150. The number of anilines is 2. The summed E-state index contributed by atoms with van der Waals surface area (Å²) in [6.07, 6.45) is 3.48. The van der Waals surface area contributed by atoms with Crippen LogP contribution in [0.5, 0.6) is 11.5 Å². The van der Waals surface area contributed by atoms with Crippen molar-refractivity contribution in [2.75, 3.05) is 31.5 Å². The molecule has 4 aromatic rings. The number of carbonyl (C=O) groups excluding carboxylic acids is 1.